The second-order valence-corrected chi connectivity index (χ2v) is 8.93. The standard InChI is InChI=1S/C25H29N3OS/c1-18-19(2)28(22-15-9-10-16-22)25(26-18)30-17-23(29)27-24(20-11-5-3-6-12-20)21-13-7-4-8-14-21/h3-8,11-14,22,24H,9-10,15-17H2,1-2H3,(H,27,29). The highest BCUT2D eigenvalue weighted by Crippen LogP contribution is 2.35. The molecule has 0 saturated heterocycles. The van der Waals surface area contributed by atoms with E-state index in [0.29, 0.717) is 11.8 Å². The Morgan fingerprint density at radius 3 is 2.17 bits per heavy atom. The molecule has 0 aliphatic heterocycles. The normalized spacial score (nSPS) is 14.4. The summed E-state index contributed by atoms with van der Waals surface area (Å²) in [7, 11) is 0. The summed E-state index contributed by atoms with van der Waals surface area (Å²) in [6.07, 6.45) is 4.98. The van der Waals surface area contributed by atoms with Crippen molar-refractivity contribution in [3.63, 3.8) is 0 Å². The number of hydrogen-bond acceptors (Lipinski definition) is 3. The highest BCUT2D eigenvalue weighted by Gasteiger charge is 2.24. The average Bonchev–Trinajstić information content (AvgIpc) is 3.40. The van der Waals surface area contributed by atoms with Crippen molar-refractivity contribution in [2.75, 3.05) is 5.75 Å². The lowest BCUT2D eigenvalue weighted by Gasteiger charge is -2.20. The van der Waals surface area contributed by atoms with Crippen LogP contribution in [0.15, 0.2) is 65.8 Å². The van der Waals surface area contributed by atoms with Crippen molar-refractivity contribution in [2.24, 2.45) is 0 Å². The van der Waals surface area contributed by atoms with Crippen LogP contribution in [-0.4, -0.2) is 21.2 Å². The molecule has 1 amide bonds. The van der Waals surface area contributed by atoms with E-state index in [0.717, 1.165) is 22.0 Å². The second kappa shape index (κ2) is 9.52. The van der Waals surface area contributed by atoms with Gasteiger partial charge in [0.2, 0.25) is 5.91 Å². The monoisotopic (exact) mass is 419 g/mol. The Balaban J connectivity index is 1.48. The van der Waals surface area contributed by atoms with E-state index in [1.807, 2.05) is 36.4 Å². The Labute approximate surface area is 183 Å². The fourth-order valence-electron chi connectivity index (χ4n) is 4.27. The SMILES string of the molecule is Cc1nc(SCC(=O)NC(c2ccccc2)c2ccccc2)n(C2CCCC2)c1C. The highest BCUT2D eigenvalue weighted by atomic mass is 32.2. The maximum atomic E-state index is 12.9. The topological polar surface area (TPSA) is 46.9 Å². The predicted molar refractivity (Wildman–Crippen MR) is 123 cm³/mol. The van der Waals surface area contributed by atoms with Crippen LogP contribution in [0.4, 0.5) is 0 Å². The van der Waals surface area contributed by atoms with Gasteiger partial charge in [-0.05, 0) is 37.8 Å². The van der Waals surface area contributed by atoms with Gasteiger partial charge < -0.3 is 9.88 Å². The first-order chi connectivity index (χ1) is 14.6. The molecule has 4 rings (SSSR count). The Hall–Kier alpha value is -2.53. The third kappa shape index (κ3) is 4.62. The van der Waals surface area contributed by atoms with Crippen molar-refractivity contribution in [1.29, 1.82) is 0 Å². The van der Waals surface area contributed by atoms with Crippen LogP contribution in [0.5, 0.6) is 0 Å². The van der Waals surface area contributed by atoms with E-state index in [1.165, 1.54) is 31.4 Å². The largest absolute Gasteiger partial charge is 0.344 e. The van der Waals surface area contributed by atoms with Crippen molar-refractivity contribution < 1.29 is 4.79 Å². The lowest BCUT2D eigenvalue weighted by Crippen LogP contribution is -2.30. The number of rotatable bonds is 7. The molecule has 1 aliphatic carbocycles. The average molecular weight is 420 g/mol. The number of hydrogen-bond donors (Lipinski definition) is 1. The number of nitrogens with one attached hydrogen (secondary N) is 1. The summed E-state index contributed by atoms with van der Waals surface area (Å²) >= 11 is 1.55. The van der Waals surface area contributed by atoms with Gasteiger partial charge in [-0.25, -0.2) is 4.98 Å². The molecule has 1 aliphatic rings. The number of carbonyl (C=O) groups excluding carboxylic acids is 1. The van der Waals surface area contributed by atoms with Gasteiger partial charge in [0.05, 0.1) is 17.5 Å². The molecule has 0 spiro atoms. The molecule has 1 aromatic heterocycles. The summed E-state index contributed by atoms with van der Waals surface area (Å²) in [5.41, 5.74) is 4.47. The third-order valence-electron chi connectivity index (χ3n) is 5.95. The number of benzene rings is 2. The molecule has 2 aromatic carbocycles. The van der Waals surface area contributed by atoms with E-state index >= 15 is 0 Å². The van der Waals surface area contributed by atoms with Gasteiger partial charge in [-0.1, -0.05) is 85.3 Å². The summed E-state index contributed by atoms with van der Waals surface area (Å²) < 4.78 is 2.37. The molecular formula is C25H29N3OS. The Morgan fingerprint density at radius 2 is 1.60 bits per heavy atom. The van der Waals surface area contributed by atoms with Gasteiger partial charge in [-0.2, -0.15) is 0 Å². The summed E-state index contributed by atoms with van der Waals surface area (Å²) in [4.78, 5) is 17.7. The van der Waals surface area contributed by atoms with Crippen LogP contribution in [-0.2, 0) is 4.79 Å². The van der Waals surface area contributed by atoms with Gasteiger partial charge in [-0.3, -0.25) is 4.79 Å². The number of thioether (sulfide) groups is 1. The summed E-state index contributed by atoms with van der Waals surface area (Å²) in [6.45, 7) is 4.21. The van der Waals surface area contributed by atoms with Crippen molar-refractivity contribution >= 4 is 17.7 Å². The zero-order valence-corrected chi connectivity index (χ0v) is 18.5. The van der Waals surface area contributed by atoms with E-state index < -0.39 is 0 Å². The fourth-order valence-corrected chi connectivity index (χ4v) is 5.24. The molecule has 3 aromatic rings. The number of amides is 1. The molecule has 1 saturated carbocycles. The van der Waals surface area contributed by atoms with E-state index in [9.17, 15) is 4.79 Å². The van der Waals surface area contributed by atoms with Gasteiger partial charge in [0.25, 0.3) is 0 Å². The Bertz CT molecular complexity index is 939. The van der Waals surface area contributed by atoms with E-state index in [-0.39, 0.29) is 11.9 Å². The fraction of sp³-hybridized carbons (Fsp3) is 0.360. The minimum atomic E-state index is -0.154. The lowest BCUT2D eigenvalue weighted by molar-refractivity contribution is -0.119. The molecule has 4 nitrogen and oxygen atoms in total. The molecule has 0 bridgehead atoms. The summed E-state index contributed by atoms with van der Waals surface area (Å²) in [5, 5.41) is 4.21. The Morgan fingerprint density at radius 1 is 1.03 bits per heavy atom. The number of carbonyl (C=O) groups is 1. The molecule has 1 fully saturated rings. The van der Waals surface area contributed by atoms with Crippen molar-refractivity contribution in [1.82, 2.24) is 14.9 Å². The maximum Gasteiger partial charge on any atom is 0.231 e. The predicted octanol–water partition coefficient (Wildman–Crippen LogP) is 5.61. The smallest absolute Gasteiger partial charge is 0.231 e. The van der Waals surface area contributed by atoms with Crippen LogP contribution in [0.1, 0.15) is 60.3 Å². The zero-order valence-electron chi connectivity index (χ0n) is 17.7. The van der Waals surface area contributed by atoms with E-state index in [4.69, 9.17) is 4.98 Å². The van der Waals surface area contributed by atoms with E-state index in [2.05, 4.69) is 48.0 Å². The number of aromatic nitrogens is 2. The van der Waals surface area contributed by atoms with Crippen LogP contribution in [0.2, 0.25) is 0 Å². The molecule has 1 heterocycles. The van der Waals surface area contributed by atoms with Gasteiger partial charge in [-0.15, -0.1) is 0 Å². The van der Waals surface area contributed by atoms with Crippen LogP contribution in [0.3, 0.4) is 0 Å². The van der Waals surface area contributed by atoms with Gasteiger partial charge >= 0.3 is 0 Å². The molecule has 0 atom stereocenters. The minimum Gasteiger partial charge on any atom is -0.344 e. The molecule has 30 heavy (non-hydrogen) atoms. The third-order valence-corrected chi connectivity index (χ3v) is 6.90. The number of aryl methyl sites for hydroxylation is 1. The molecule has 0 radical (unpaired) electrons. The van der Waals surface area contributed by atoms with Gasteiger partial charge in [0.1, 0.15) is 0 Å². The van der Waals surface area contributed by atoms with Crippen LogP contribution in [0, 0.1) is 13.8 Å². The molecular weight excluding hydrogens is 390 g/mol. The molecule has 156 valence electrons. The van der Waals surface area contributed by atoms with Crippen molar-refractivity contribution in [3.8, 4) is 0 Å². The number of imidazole rings is 1. The first-order valence-corrected chi connectivity index (χ1v) is 11.7. The van der Waals surface area contributed by atoms with Crippen LogP contribution in [0.25, 0.3) is 0 Å². The van der Waals surface area contributed by atoms with Crippen molar-refractivity contribution in [3.05, 3.63) is 83.2 Å². The van der Waals surface area contributed by atoms with Crippen molar-refractivity contribution in [2.45, 2.75) is 56.8 Å². The lowest BCUT2D eigenvalue weighted by atomic mass is 9.99. The van der Waals surface area contributed by atoms with Crippen LogP contribution >= 0.6 is 11.8 Å². The van der Waals surface area contributed by atoms with Gasteiger partial charge in [0, 0.05) is 11.7 Å². The first-order valence-electron chi connectivity index (χ1n) is 10.7. The van der Waals surface area contributed by atoms with E-state index in [1.54, 1.807) is 11.8 Å². The number of nitrogens with zero attached hydrogens (tertiary/aromatic N) is 2. The second-order valence-electron chi connectivity index (χ2n) is 7.98. The summed E-state index contributed by atoms with van der Waals surface area (Å²) in [6, 6.07) is 20.6. The Kier molecular flexibility index (Phi) is 6.58. The zero-order chi connectivity index (χ0) is 20.9. The molecule has 0 unspecified atom stereocenters. The summed E-state index contributed by atoms with van der Waals surface area (Å²) in [5.74, 6) is 0.382. The van der Waals surface area contributed by atoms with Gasteiger partial charge in [0.15, 0.2) is 5.16 Å². The minimum absolute atomic E-state index is 0.0222. The first kappa shape index (κ1) is 20.7. The molecule has 1 N–H and O–H groups in total. The van der Waals surface area contributed by atoms with Crippen LogP contribution < -0.4 is 5.32 Å². The maximum absolute atomic E-state index is 12.9. The quantitative estimate of drug-likeness (QED) is 0.506. The highest BCUT2D eigenvalue weighted by molar-refractivity contribution is 7.99. The molecule has 5 heteroatoms.